The Morgan fingerprint density at radius 3 is 2.06 bits per heavy atom. The highest BCUT2D eigenvalue weighted by Gasteiger charge is 2.05. The summed E-state index contributed by atoms with van der Waals surface area (Å²) in [5.41, 5.74) is 1.36. The van der Waals surface area contributed by atoms with Gasteiger partial charge in [0.05, 0.1) is 0 Å². The summed E-state index contributed by atoms with van der Waals surface area (Å²) < 4.78 is 0. The molecule has 0 aliphatic heterocycles. The molecule has 0 heterocycles. The highest BCUT2D eigenvalue weighted by Crippen LogP contribution is 2.14. The molecule has 2 nitrogen and oxygen atoms in total. The molecular weight excluding hydrogens is 220 g/mol. The van der Waals surface area contributed by atoms with Gasteiger partial charge in [-0.3, -0.25) is 0 Å². The molecule has 0 aliphatic rings. The monoisotopic (exact) mass is 248 g/mol. The Morgan fingerprint density at radius 1 is 0.833 bits per heavy atom. The van der Waals surface area contributed by atoms with Crippen LogP contribution in [0.25, 0.3) is 0 Å². The molecule has 0 saturated carbocycles. The van der Waals surface area contributed by atoms with Crippen LogP contribution in [0.4, 0.5) is 5.69 Å². The third-order valence-corrected chi connectivity index (χ3v) is 3.41. The van der Waals surface area contributed by atoms with E-state index in [1.54, 1.807) is 0 Å². The van der Waals surface area contributed by atoms with Crippen molar-refractivity contribution in [2.75, 3.05) is 37.6 Å². The van der Waals surface area contributed by atoms with Crippen molar-refractivity contribution in [3.05, 3.63) is 30.3 Å². The number of anilines is 1. The Morgan fingerprint density at radius 2 is 1.50 bits per heavy atom. The van der Waals surface area contributed by atoms with Gasteiger partial charge >= 0.3 is 0 Å². The SMILES string of the molecule is CCCN(CCCN(CC)CC)c1ccccc1. The second-order valence-corrected chi connectivity index (χ2v) is 4.70. The van der Waals surface area contributed by atoms with E-state index >= 15 is 0 Å². The predicted octanol–water partition coefficient (Wildman–Crippen LogP) is 3.63. The van der Waals surface area contributed by atoms with E-state index in [0.29, 0.717) is 0 Å². The van der Waals surface area contributed by atoms with Crippen LogP contribution in [-0.2, 0) is 0 Å². The molecule has 0 bridgehead atoms. The molecular formula is C16H28N2. The lowest BCUT2D eigenvalue weighted by molar-refractivity contribution is 0.300. The number of nitrogens with zero attached hydrogens (tertiary/aromatic N) is 2. The first-order chi connectivity index (χ1) is 8.81. The quantitative estimate of drug-likeness (QED) is 0.658. The molecule has 0 fully saturated rings. The summed E-state index contributed by atoms with van der Waals surface area (Å²) in [6.07, 6.45) is 2.46. The summed E-state index contributed by atoms with van der Waals surface area (Å²) in [5.74, 6) is 0. The molecule has 2 heteroatoms. The summed E-state index contributed by atoms with van der Waals surface area (Å²) in [6, 6.07) is 10.8. The molecule has 0 aliphatic carbocycles. The van der Waals surface area contributed by atoms with Crippen LogP contribution in [0, 0.1) is 0 Å². The Labute approximate surface area is 113 Å². The van der Waals surface area contributed by atoms with Gasteiger partial charge < -0.3 is 9.80 Å². The van der Waals surface area contributed by atoms with Gasteiger partial charge in [-0.25, -0.2) is 0 Å². The van der Waals surface area contributed by atoms with Gasteiger partial charge in [0.15, 0.2) is 0 Å². The fourth-order valence-corrected chi connectivity index (χ4v) is 2.30. The van der Waals surface area contributed by atoms with E-state index < -0.39 is 0 Å². The molecule has 1 aromatic rings. The van der Waals surface area contributed by atoms with Gasteiger partial charge in [-0.2, -0.15) is 0 Å². The molecule has 0 spiro atoms. The van der Waals surface area contributed by atoms with Crippen molar-refractivity contribution in [2.24, 2.45) is 0 Å². The Kier molecular flexibility index (Phi) is 7.51. The summed E-state index contributed by atoms with van der Waals surface area (Å²) in [5, 5.41) is 0. The van der Waals surface area contributed by atoms with Crippen molar-refractivity contribution in [3.8, 4) is 0 Å². The van der Waals surface area contributed by atoms with Crippen LogP contribution in [0.5, 0.6) is 0 Å². The minimum absolute atomic E-state index is 1.16. The number of hydrogen-bond acceptors (Lipinski definition) is 2. The second kappa shape index (κ2) is 8.98. The molecule has 0 atom stereocenters. The number of rotatable bonds is 9. The standard InChI is InChI=1S/C16H28N2/c1-4-13-18(16-11-8-7-9-12-16)15-10-14-17(5-2)6-3/h7-9,11-12H,4-6,10,13-15H2,1-3H3. The summed E-state index contributed by atoms with van der Waals surface area (Å²) in [4.78, 5) is 5.00. The summed E-state index contributed by atoms with van der Waals surface area (Å²) in [6.45, 7) is 12.6. The van der Waals surface area contributed by atoms with E-state index in [1.165, 1.54) is 25.1 Å². The molecule has 0 N–H and O–H groups in total. The number of benzene rings is 1. The maximum atomic E-state index is 2.50. The minimum atomic E-state index is 1.16. The number of hydrogen-bond donors (Lipinski definition) is 0. The Hall–Kier alpha value is -1.02. The van der Waals surface area contributed by atoms with Crippen LogP contribution in [0.3, 0.4) is 0 Å². The van der Waals surface area contributed by atoms with Crippen LogP contribution in [-0.4, -0.2) is 37.6 Å². The van der Waals surface area contributed by atoms with Crippen LogP contribution in [0.1, 0.15) is 33.6 Å². The van der Waals surface area contributed by atoms with Crippen molar-refractivity contribution >= 4 is 5.69 Å². The van der Waals surface area contributed by atoms with E-state index in [9.17, 15) is 0 Å². The van der Waals surface area contributed by atoms with Crippen molar-refractivity contribution in [3.63, 3.8) is 0 Å². The lowest BCUT2D eigenvalue weighted by Gasteiger charge is -2.26. The average molecular weight is 248 g/mol. The Bertz CT molecular complexity index is 293. The molecule has 1 aromatic carbocycles. The maximum Gasteiger partial charge on any atom is 0.0366 e. The van der Waals surface area contributed by atoms with E-state index in [-0.39, 0.29) is 0 Å². The molecule has 0 saturated heterocycles. The first-order valence-corrected chi connectivity index (χ1v) is 7.34. The second-order valence-electron chi connectivity index (χ2n) is 4.70. The van der Waals surface area contributed by atoms with Gasteiger partial charge in [0.2, 0.25) is 0 Å². The van der Waals surface area contributed by atoms with Crippen LogP contribution >= 0.6 is 0 Å². The fourth-order valence-electron chi connectivity index (χ4n) is 2.30. The molecule has 0 amide bonds. The van der Waals surface area contributed by atoms with E-state index in [1.807, 2.05) is 0 Å². The van der Waals surface area contributed by atoms with E-state index in [0.717, 1.165) is 26.2 Å². The highest BCUT2D eigenvalue weighted by molar-refractivity contribution is 5.45. The van der Waals surface area contributed by atoms with Gasteiger partial charge in [0.25, 0.3) is 0 Å². The third kappa shape index (κ3) is 5.09. The fraction of sp³-hybridized carbons (Fsp3) is 0.625. The molecule has 18 heavy (non-hydrogen) atoms. The molecule has 1 rings (SSSR count). The van der Waals surface area contributed by atoms with Crippen LogP contribution in [0.15, 0.2) is 30.3 Å². The van der Waals surface area contributed by atoms with Gasteiger partial charge in [0.1, 0.15) is 0 Å². The van der Waals surface area contributed by atoms with E-state index in [4.69, 9.17) is 0 Å². The van der Waals surface area contributed by atoms with Gasteiger partial charge in [-0.05, 0) is 44.6 Å². The largest absolute Gasteiger partial charge is 0.371 e. The predicted molar refractivity (Wildman–Crippen MR) is 81.4 cm³/mol. The van der Waals surface area contributed by atoms with Gasteiger partial charge in [-0.1, -0.05) is 39.0 Å². The zero-order chi connectivity index (χ0) is 13.2. The van der Waals surface area contributed by atoms with Gasteiger partial charge in [0, 0.05) is 18.8 Å². The Balaban J connectivity index is 2.44. The molecule has 0 unspecified atom stereocenters. The zero-order valence-corrected chi connectivity index (χ0v) is 12.2. The van der Waals surface area contributed by atoms with Crippen LogP contribution in [0.2, 0.25) is 0 Å². The summed E-state index contributed by atoms with van der Waals surface area (Å²) in [7, 11) is 0. The first-order valence-electron chi connectivity index (χ1n) is 7.34. The van der Waals surface area contributed by atoms with E-state index in [2.05, 4.69) is 60.9 Å². The molecule has 102 valence electrons. The number of para-hydroxylation sites is 1. The summed E-state index contributed by atoms with van der Waals surface area (Å²) >= 11 is 0. The van der Waals surface area contributed by atoms with Crippen molar-refractivity contribution in [1.29, 1.82) is 0 Å². The lowest BCUT2D eigenvalue weighted by Crippen LogP contribution is -2.30. The average Bonchev–Trinajstić information content (AvgIpc) is 2.43. The smallest absolute Gasteiger partial charge is 0.0366 e. The minimum Gasteiger partial charge on any atom is -0.371 e. The van der Waals surface area contributed by atoms with Gasteiger partial charge in [-0.15, -0.1) is 0 Å². The lowest BCUT2D eigenvalue weighted by atomic mass is 10.2. The first kappa shape index (κ1) is 15.0. The van der Waals surface area contributed by atoms with Crippen molar-refractivity contribution < 1.29 is 0 Å². The zero-order valence-electron chi connectivity index (χ0n) is 12.2. The van der Waals surface area contributed by atoms with Crippen LogP contribution < -0.4 is 4.90 Å². The third-order valence-electron chi connectivity index (χ3n) is 3.41. The highest BCUT2D eigenvalue weighted by atomic mass is 15.1. The van der Waals surface area contributed by atoms with Crippen molar-refractivity contribution in [2.45, 2.75) is 33.6 Å². The molecule has 0 aromatic heterocycles. The maximum absolute atomic E-state index is 2.50. The topological polar surface area (TPSA) is 6.48 Å². The molecule has 0 radical (unpaired) electrons. The van der Waals surface area contributed by atoms with Crippen molar-refractivity contribution in [1.82, 2.24) is 4.90 Å². The normalized spacial score (nSPS) is 10.9.